The van der Waals surface area contributed by atoms with Gasteiger partial charge >= 0.3 is 0 Å². The molecule has 1 aromatic carbocycles. The number of aryl methyl sites for hydroxylation is 2. The molecule has 0 aliphatic carbocycles. The Morgan fingerprint density at radius 3 is 2.70 bits per heavy atom. The number of ether oxygens (including phenoxy) is 1. The summed E-state index contributed by atoms with van der Waals surface area (Å²) in [6.07, 6.45) is 1.69. The van der Waals surface area contributed by atoms with Crippen molar-refractivity contribution in [3.8, 4) is 5.75 Å². The Morgan fingerprint density at radius 2 is 2.00 bits per heavy atom. The average Bonchev–Trinajstić information content (AvgIpc) is 3.09. The average molecular weight is 409 g/mol. The van der Waals surface area contributed by atoms with Crippen LogP contribution in [-0.4, -0.2) is 34.6 Å². The summed E-state index contributed by atoms with van der Waals surface area (Å²) in [4.78, 5) is 26.2. The minimum absolute atomic E-state index is 0.0901. The van der Waals surface area contributed by atoms with Crippen LogP contribution < -0.4 is 10.3 Å². The lowest BCUT2D eigenvalue weighted by Crippen LogP contribution is -2.31. The summed E-state index contributed by atoms with van der Waals surface area (Å²) in [5, 5.41) is 1.01. The summed E-state index contributed by atoms with van der Waals surface area (Å²) in [6, 6.07) is 8.76. The fourth-order valence-electron chi connectivity index (χ4n) is 3.15. The van der Waals surface area contributed by atoms with Crippen molar-refractivity contribution in [2.45, 2.75) is 32.3 Å². The van der Waals surface area contributed by atoms with E-state index in [2.05, 4.69) is 0 Å². The Balaban J connectivity index is 1.53. The van der Waals surface area contributed by atoms with Crippen LogP contribution in [0.3, 0.4) is 0 Å². The molecule has 2 aromatic rings. The molecule has 1 aliphatic rings. The Bertz CT molecular complexity index is 911. The van der Waals surface area contributed by atoms with Crippen LogP contribution in [-0.2, 0) is 18.3 Å². The number of amides is 1. The summed E-state index contributed by atoms with van der Waals surface area (Å²) in [7, 11) is 1.73. The van der Waals surface area contributed by atoms with E-state index in [9.17, 15) is 9.59 Å². The Hall–Kier alpha value is -1.98. The molecule has 3 rings (SSSR count). The van der Waals surface area contributed by atoms with E-state index >= 15 is 0 Å². The number of likely N-dealkylation sites (tertiary alicyclic amines) is 1. The van der Waals surface area contributed by atoms with Gasteiger partial charge in [0.25, 0.3) is 5.56 Å². The molecule has 2 heterocycles. The second kappa shape index (κ2) is 8.36. The topological polar surface area (TPSA) is 51.5 Å². The van der Waals surface area contributed by atoms with Gasteiger partial charge in [0.2, 0.25) is 5.91 Å². The van der Waals surface area contributed by atoms with Gasteiger partial charge in [-0.3, -0.25) is 9.59 Å². The van der Waals surface area contributed by atoms with Crippen molar-refractivity contribution < 1.29 is 9.53 Å². The van der Waals surface area contributed by atoms with Crippen LogP contribution >= 0.6 is 23.2 Å². The molecule has 144 valence electrons. The van der Waals surface area contributed by atoms with Gasteiger partial charge in [0, 0.05) is 38.2 Å². The van der Waals surface area contributed by atoms with Crippen molar-refractivity contribution >= 4 is 29.1 Å². The van der Waals surface area contributed by atoms with E-state index in [1.165, 1.54) is 6.07 Å². The predicted molar refractivity (Wildman–Crippen MR) is 107 cm³/mol. The minimum Gasteiger partial charge on any atom is -0.488 e. The van der Waals surface area contributed by atoms with Gasteiger partial charge in [-0.2, -0.15) is 0 Å². The van der Waals surface area contributed by atoms with E-state index in [1.807, 2.05) is 24.0 Å². The van der Waals surface area contributed by atoms with Crippen LogP contribution in [0.25, 0.3) is 0 Å². The molecule has 0 N–H and O–H groups in total. The van der Waals surface area contributed by atoms with Crippen LogP contribution in [0.4, 0.5) is 0 Å². The maximum absolute atomic E-state index is 12.5. The highest BCUT2D eigenvalue weighted by molar-refractivity contribution is 6.42. The van der Waals surface area contributed by atoms with E-state index in [4.69, 9.17) is 27.9 Å². The highest BCUT2D eigenvalue weighted by Crippen LogP contribution is 2.24. The van der Waals surface area contributed by atoms with Gasteiger partial charge in [-0.25, -0.2) is 0 Å². The number of halogens is 2. The molecular weight excluding hydrogens is 387 g/mol. The van der Waals surface area contributed by atoms with E-state index in [1.54, 1.807) is 23.7 Å². The van der Waals surface area contributed by atoms with Crippen molar-refractivity contribution in [1.29, 1.82) is 0 Å². The van der Waals surface area contributed by atoms with Gasteiger partial charge in [-0.1, -0.05) is 29.3 Å². The molecule has 5 nitrogen and oxygen atoms in total. The van der Waals surface area contributed by atoms with Crippen LogP contribution in [0.2, 0.25) is 10.0 Å². The Kier molecular flexibility index (Phi) is 6.12. The molecule has 1 amide bonds. The lowest BCUT2D eigenvalue weighted by atomic mass is 10.1. The summed E-state index contributed by atoms with van der Waals surface area (Å²) >= 11 is 11.9. The lowest BCUT2D eigenvalue weighted by Gasteiger charge is -2.18. The lowest BCUT2D eigenvalue weighted by molar-refractivity contribution is -0.130. The number of nitrogens with zero attached hydrogens (tertiary/aromatic N) is 2. The number of hydrogen-bond acceptors (Lipinski definition) is 3. The predicted octanol–water partition coefficient (Wildman–Crippen LogP) is 3.61. The van der Waals surface area contributed by atoms with E-state index in [-0.39, 0.29) is 17.6 Å². The molecule has 1 aromatic heterocycles. The first kappa shape index (κ1) is 19.8. The van der Waals surface area contributed by atoms with Gasteiger partial charge in [0.05, 0.1) is 16.6 Å². The zero-order chi connectivity index (χ0) is 19.6. The van der Waals surface area contributed by atoms with Gasteiger partial charge in [-0.15, -0.1) is 0 Å². The molecular formula is C20H22Cl2N2O3. The molecule has 0 bridgehead atoms. The second-order valence-electron chi connectivity index (χ2n) is 6.85. The zero-order valence-electron chi connectivity index (χ0n) is 15.4. The normalized spacial score (nSPS) is 16.6. The smallest absolute Gasteiger partial charge is 0.254 e. The summed E-state index contributed by atoms with van der Waals surface area (Å²) in [6.45, 7) is 3.06. The molecule has 1 fully saturated rings. The number of carbonyl (C=O) groups excluding carboxylic acids is 1. The summed E-state index contributed by atoms with van der Waals surface area (Å²) < 4.78 is 7.49. The molecule has 0 spiro atoms. The molecule has 0 saturated carbocycles. The molecule has 27 heavy (non-hydrogen) atoms. The second-order valence-corrected chi connectivity index (χ2v) is 7.66. The van der Waals surface area contributed by atoms with Gasteiger partial charge in [-0.05, 0) is 37.1 Å². The number of carbonyl (C=O) groups is 1. The van der Waals surface area contributed by atoms with Crippen LogP contribution in [0, 0.1) is 6.92 Å². The van der Waals surface area contributed by atoms with Gasteiger partial charge in [0.15, 0.2) is 0 Å². The first-order valence-corrected chi connectivity index (χ1v) is 9.65. The van der Waals surface area contributed by atoms with Crippen molar-refractivity contribution in [2.24, 2.45) is 7.05 Å². The number of aromatic nitrogens is 1. The third-order valence-corrected chi connectivity index (χ3v) is 5.63. The van der Waals surface area contributed by atoms with Crippen molar-refractivity contribution in [1.82, 2.24) is 9.47 Å². The van der Waals surface area contributed by atoms with E-state index in [0.29, 0.717) is 41.7 Å². The third-order valence-electron chi connectivity index (χ3n) is 4.89. The third kappa shape index (κ3) is 4.85. The first-order chi connectivity index (χ1) is 12.8. The molecule has 0 radical (unpaired) electrons. The van der Waals surface area contributed by atoms with Crippen LogP contribution in [0.5, 0.6) is 5.75 Å². The Labute approximate surface area is 168 Å². The Morgan fingerprint density at radius 1 is 1.22 bits per heavy atom. The highest BCUT2D eigenvalue weighted by Gasteiger charge is 2.27. The standard InChI is InChI=1S/C20H22Cl2N2O3/c1-13-9-16(11-20(26)23(13)2)27-15-7-8-24(12-15)19(25)6-4-14-3-5-17(21)18(22)10-14/h3,5,9-11,15H,4,6-8,12H2,1-2H3. The zero-order valence-corrected chi connectivity index (χ0v) is 16.9. The first-order valence-electron chi connectivity index (χ1n) is 8.89. The van der Waals surface area contributed by atoms with Gasteiger partial charge in [0.1, 0.15) is 11.9 Å². The summed E-state index contributed by atoms with van der Waals surface area (Å²) in [5.74, 6) is 0.651. The summed E-state index contributed by atoms with van der Waals surface area (Å²) in [5.41, 5.74) is 1.72. The molecule has 7 heteroatoms. The maximum atomic E-state index is 12.5. The van der Waals surface area contributed by atoms with Crippen molar-refractivity contribution in [3.63, 3.8) is 0 Å². The SMILES string of the molecule is Cc1cc(OC2CCN(C(=O)CCc3ccc(Cl)c(Cl)c3)C2)cc(=O)n1C. The largest absolute Gasteiger partial charge is 0.488 e. The fraction of sp³-hybridized carbons (Fsp3) is 0.400. The number of rotatable bonds is 5. The van der Waals surface area contributed by atoms with Crippen molar-refractivity contribution in [2.75, 3.05) is 13.1 Å². The number of benzene rings is 1. The van der Waals surface area contributed by atoms with Gasteiger partial charge < -0.3 is 14.2 Å². The number of hydrogen-bond donors (Lipinski definition) is 0. The molecule has 1 atom stereocenters. The quantitative estimate of drug-likeness (QED) is 0.758. The molecule has 1 unspecified atom stereocenters. The van der Waals surface area contributed by atoms with Crippen LogP contribution in [0.15, 0.2) is 35.1 Å². The molecule has 1 aliphatic heterocycles. The van der Waals surface area contributed by atoms with E-state index < -0.39 is 0 Å². The molecule has 1 saturated heterocycles. The fourth-order valence-corrected chi connectivity index (χ4v) is 3.47. The maximum Gasteiger partial charge on any atom is 0.254 e. The highest BCUT2D eigenvalue weighted by atomic mass is 35.5. The van der Waals surface area contributed by atoms with Crippen LogP contribution in [0.1, 0.15) is 24.1 Å². The minimum atomic E-state index is -0.0995. The van der Waals surface area contributed by atoms with Crippen molar-refractivity contribution in [3.05, 3.63) is 62.0 Å². The number of pyridine rings is 1. The monoisotopic (exact) mass is 408 g/mol. The van der Waals surface area contributed by atoms with E-state index in [0.717, 1.165) is 17.7 Å².